The van der Waals surface area contributed by atoms with Crippen LogP contribution in [0.2, 0.25) is 0 Å². The maximum Gasteiger partial charge on any atom is 0.0690 e. The van der Waals surface area contributed by atoms with Crippen LogP contribution in [0.3, 0.4) is 0 Å². The molecule has 6 unspecified atom stereocenters. The minimum absolute atomic E-state index is 0.351. The molecule has 0 spiro atoms. The van der Waals surface area contributed by atoms with Gasteiger partial charge in [-0.2, -0.15) is 0 Å². The molecule has 0 saturated heterocycles. The molecule has 382 valence electrons. The van der Waals surface area contributed by atoms with Gasteiger partial charge in [0.1, 0.15) is 0 Å². The summed E-state index contributed by atoms with van der Waals surface area (Å²) < 4.78 is 29.4. The van der Waals surface area contributed by atoms with Crippen LogP contribution in [-0.2, 0) is 23.7 Å². The molecule has 15 aliphatic carbocycles. The van der Waals surface area contributed by atoms with Gasteiger partial charge >= 0.3 is 0 Å². The fraction of sp³-hybridized carbons (Fsp3) is 1.00. The first-order valence-corrected chi connectivity index (χ1v) is 29.7. The summed E-state index contributed by atoms with van der Waals surface area (Å²) in [4.78, 5) is 0. The van der Waals surface area contributed by atoms with Crippen molar-refractivity contribution in [1.82, 2.24) is 0 Å². The van der Waals surface area contributed by atoms with Crippen molar-refractivity contribution in [3.63, 3.8) is 0 Å². The molecule has 15 rings (SSSR count). The van der Waals surface area contributed by atoms with Crippen molar-refractivity contribution in [3.8, 4) is 0 Å². The van der Waals surface area contributed by atoms with Gasteiger partial charge < -0.3 is 23.7 Å². The molecule has 15 saturated carbocycles. The second kappa shape index (κ2) is 22.3. The summed E-state index contributed by atoms with van der Waals surface area (Å²) in [6.07, 6.45) is 35.1. The van der Waals surface area contributed by atoms with Crippen LogP contribution < -0.4 is 0 Å². The van der Waals surface area contributed by atoms with Gasteiger partial charge in [-0.25, -0.2) is 0 Å². The highest BCUT2D eigenvalue weighted by Crippen LogP contribution is 2.66. The van der Waals surface area contributed by atoms with Gasteiger partial charge in [0.05, 0.1) is 30.5 Å². The summed E-state index contributed by atoms with van der Waals surface area (Å²) in [5, 5.41) is 0. The Morgan fingerprint density at radius 2 is 1.00 bits per heavy atom. The van der Waals surface area contributed by atoms with Crippen molar-refractivity contribution in [3.05, 3.63) is 0 Å². The minimum Gasteiger partial charge on any atom is -0.381 e. The maximum absolute atomic E-state index is 6.04. The van der Waals surface area contributed by atoms with Crippen molar-refractivity contribution in [2.24, 2.45) is 99.1 Å². The highest BCUT2D eigenvalue weighted by molar-refractivity contribution is 5.11. The van der Waals surface area contributed by atoms with Gasteiger partial charge in [-0.05, 0) is 275 Å². The van der Waals surface area contributed by atoms with Gasteiger partial charge in [0.2, 0.25) is 0 Å². The van der Waals surface area contributed by atoms with Crippen molar-refractivity contribution < 1.29 is 23.7 Å². The standard InChI is InChI=1S/C13H22O.2C12H20O.C12H22O.C12H24O/c1-2-14-9-13-6-10-3-11(7-13)5-12(4-10)8-13;1-2-13-12-6-9-3-10(7-12)5-11(4-9)8-12;1-2-13-12-10-4-8-3-9(6-10)7-11(12)5-8;1-5-13-10-8-9-6-7-12(10,4)11(9,2)3;1-5-13-12-8-10(4)6-7-11(12)9(2)3/h10-12H,2-9H2,1H3;9-11H,2-8H2,1H3;8-12H,2-7H2,1H3;9-10H,5-8H2,1-4H3;9-12H,5-8H2,1-4H3. The number of ether oxygens (including phenoxy) is 5. The predicted molar refractivity (Wildman–Crippen MR) is 273 cm³/mol. The summed E-state index contributed by atoms with van der Waals surface area (Å²) in [5.41, 5.74) is 1.94. The summed E-state index contributed by atoms with van der Waals surface area (Å²) >= 11 is 0. The highest BCUT2D eigenvalue weighted by atomic mass is 16.5. The quantitative estimate of drug-likeness (QED) is 0.195. The number of hydrogen-bond donors (Lipinski definition) is 0. The van der Waals surface area contributed by atoms with E-state index in [2.05, 4.69) is 76.2 Å². The molecule has 5 nitrogen and oxygen atoms in total. The van der Waals surface area contributed by atoms with Crippen LogP contribution in [0.1, 0.15) is 224 Å². The molecule has 0 amide bonds. The van der Waals surface area contributed by atoms with Crippen LogP contribution in [0.5, 0.6) is 0 Å². The lowest BCUT2D eigenvalue weighted by molar-refractivity contribution is -0.159. The van der Waals surface area contributed by atoms with Crippen molar-refractivity contribution >= 4 is 0 Å². The Labute approximate surface area is 408 Å². The van der Waals surface area contributed by atoms with Crippen LogP contribution in [0.15, 0.2) is 0 Å². The van der Waals surface area contributed by atoms with E-state index >= 15 is 0 Å². The van der Waals surface area contributed by atoms with E-state index in [4.69, 9.17) is 23.7 Å². The molecule has 5 heteroatoms. The van der Waals surface area contributed by atoms with Crippen LogP contribution in [0.4, 0.5) is 0 Å². The third-order valence-electron chi connectivity index (χ3n) is 22.1. The molecule has 0 heterocycles. The Balaban J connectivity index is 0.000000112. The largest absolute Gasteiger partial charge is 0.381 e. The third-order valence-corrected chi connectivity index (χ3v) is 22.1. The molecular formula is C61H108O5. The molecule has 0 aromatic carbocycles. The van der Waals surface area contributed by atoms with Gasteiger partial charge in [0.25, 0.3) is 0 Å². The molecule has 15 fully saturated rings. The first-order valence-electron chi connectivity index (χ1n) is 29.7. The van der Waals surface area contributed by atoms with Gasteiger partial charge in [-0.1, -0.05) is 48.0 Å². The Bertz CT molecular complexity index is 1390. The zero-order chi connectivity index (χ0) is 46.9. The molecule has 0 N–H and O–H groups in total. The monoisotopic (exact) mass is 921 g/mol. The lowest BCUT2D eigenvalue weighted by atomic mass is 9.50. The first-order chi connectivity index (χ1) is 31.6. The molecule has 0 radical (unpaired) electrons. The van der Waals surface area contributed by atoms with Crippen LogP contribution in [0.25, 0.3) is 0 Å². The van der Waals surface area contributed by atoms with E-state index in [1.54, 1.807) is 25.7 Å². The fourth-order valence-corrected chi connectivity index (χ4v) is 19.7. The second-order valence-corrected chi connectivity index (χ2v) is 27.3. The highest BCUT2D eigenvalue weighted by Gasteiger charge is 2.62. The maximum atomic E-state index is 6.04. The van der Waals surface area contributed by atoms with Crippen molar-refractivity contribution in [2.45, 2.75) is 248 Å². The van der Waals surface area contributed by atoms with Crippen LogP contribution >= 0.6 is 0 Å². The van der Waals surface area contributed by atoms with Gasteiger partial charge in [-0.15, -0.1) is 0 Å². The zero-order valence-corrected chi connectivity index (χ0v) is 45.4. The SMILES string of the molecule is CCOC12CC3CC(CC(C3)C1)C2.CCOC1C2CC3CC(C2)CC1C3.CCOC1CC(C)CCC1C(C)C.CCOC1CC2CCC1(C)C2(C)C.CCOCC12CC3CC(CC(C3)C1)C2. The summed E-state index contributed by atoms with van der Waals surface area (Å²) in [5.74, 6) is 13.7. The zero-order valence-electron chi connectivity index (χ0n) is 45.4. The molecule has 14 bridgehead atoms. The van der Waals surface area contributed by atoms with Gasteiger partial charge in [-0.3, -0.25) is 0 Å². The van der Waals surface area contributed by atoms with E-state index in [0.717, 1.165) is 122 Å². The predicted octanol–water partition coefficient (Wildman–Crippen LogP) is 15.8. The Hall–Kier alpha value is -0.200. The molecule has 0 aromatic rings. The molecular weight excluding hydrogens is 813 g/mol. The molecule has 0 aromatic heterocycles. The summed E-state index contributed by atoms with van der Waals surface area (Å²) in [6, 6.07) is 0. The van der Waals surface area contributed by atoms with E-state index < -0.39 is 0 Å². The Morgan fingerprint density at radius 1 is 0.500 bits per heavy atom. The lowest BCUT2D eigenvalue weighted by Crippen LogP contribution is -2.51. The molecule has 66 heavy (non-hydrogen) atoms. The average Bonchev–Trinajstić information content (AvgIpc) is 3.58. The minimum atomic E-state index is 0.351. The second-order valence-electron chi connectivity index (χ2n) is 27.3. The Kier molecular flexibility index (Phi) is 17.6. The summed E-state index contributed by atoms with van der Waals surface area (Å²) in [7, 11) is 0. The Morgan fingerprint density at radius 3 is 1.42 bits per heavy atom. The molecule has 6 atom stereocenters. The lowest BCUT2D eigenvalue weighted by Gasteiger charge is -2.56. The third kappa shape index (κ3) is 11.5. The number of fused-ring (bicyclic) bond motifs is 2. The molecule has 0 aliphatic heterocycles. The van der Waals surface area contributed by atoms with Crippen molar-refractivity contribution in [1.29, 1.82) is 0 Å². The smallest absolute Gasteiger partial charge is 0.0690 e. The van der Waals surface area contributed by atoms with E-state index in [1.807, 2.05) is 0 Å². The van der Waals surface area contributed by atoms with Gasteiger partial charge in [0, 0.05) is 33.0 Å². The van der Waals surface area contributed by atoms with Crippen molar-refractivity contribution in [2.75, 3.05) is 39.6 Å². The van der Waals surface area contributed by atoms with Crippen LogP contribution in [0, 0.1) is 99.1 Å². The fourth-order valence-electron chi connectivity index (χ4n) is 19.7. The van der Waals surface area contributed by atoms with Gasteiger partial charge in [0.15, 0.2) is 0 Å². The summed E-state index contributed by atoms with van der Waals surface area (Å²) in [6.45, 7) is 30.5. The number of rotatable bonds is 12. The topological polar surface area (TPSA) is 46.2 Å². The number of hydrogen-bond acceptors (Lipinski definition) is 5. The normalized spacial score (nSPS) is 47.6. The van der Waals surface area contributed by atoms with E-state index in [9.17, 15) is 0 Å². The van der Waals surface area contributed by atoms with Crippen LogP contribution in [-0.4, -0.2) is 63.6 Å². The average molecular weight is 922 g/mol. The first kappa shape index (κ1) is 52.1. The van der Waals surface area contributed by atoms with E-state index in [-0.39, 0.29) is 0 Å². The van der Waals surface area contributed by atoms with E-state index in [0.29, 0.717) is 40.2 Å². The molecule has 15 aliphatic rings. The van der Waals surface area contributed by atoms with E-state index in [1.165, 1.54) is 122 Å².